The summed E-state index contributed by atoms with van der Waals surface area (Å²) in [5.74, 6) is 0. The van der Waals surface area contributed by atoms with Gasteiger partial charge in [0.25, 0.3) is 0 Å². The fourth-order valence-electron chi connectivity index (χ4n) is 4.36. The van der Waals surface area contributed by atoms with Crippen LogP contribution in [0.2, 0.25) is 0 Å². The molecule has 0 atom stereocenters. The van der Waals surface area contributed by atoms with E-state index < -0.39 is 15.8 Å². The van der Waals surface area contributed by atoms with Crippen LogP contribution in [-0.4, -0.2) is 33.9 Å². The van der Waals surface area contributed by atoms with Crippen molar-refractivity contribution in [3.8, 4) is 0 Å². The first-order valence-electron chi connectivity index (χ1n) is 14.2. The molecule has 0 saturated heterocycles. The van der Waals surface area contributed by atoms with Crippen LogP contribution in [-0.2, 0) is 40.8 Å². The second kappa shape index (κ2) is 31.6. The van der Waals surface area contributed by atoms with Gasteiger partial charge in [-0.05, 0) is 47.7 Å². The van der Waals surface area contributed by atoms with Crippen LogP contribution in [0.5, 0.6) is 0 Å². The van der Waals surface area contributed by atoms with Crippen molar-refractivity contribution in [2.75, 3.05) is 0 Å². The second-order valence-corrected chi connectivity index (χ2v) is 13.1. The molecule has 0 aliphatic heterocycles. The van der Waals surface area contributed by atoms with Crippen molar-refractivity contribution in [3.05, 3.63) is 182 Å². The molecular weight excluding hydrogens is 693 g/mol. The molecule has 0 N–H and O–H groups in total. The summed E-state index contributed by atoms with van der Waals surface area (Å²) in [7, 11) is -0.892. The van der Waals surface area contributed by atoms with Gasteiger partial charge < -0.3 is 24.0 Å². The summed E-state index contributed by atoms with van der Waals surface area (Å²) in [6, 6.07) is 64.7. The second-order valence-electron chi connectivity index (χ2n) is 8.68. The monoisotopic (exact) mass is 733 g/mol. The van der Waals surface area contributed by atoms with Crippen LogP contribution in [0.4, 0.5) is 0 Å². The zero-order valence-corrected chi connectivity index (χ0v) is 30.0. The maximum absolute atomic E-state index is 8.00. The first-order chi connectivity index (χ1) is 23.9. The minimum absolute atomic E-state index is 0. The van der Waals surface area contributed by atoms with E-state index in [0.29, 0.717) is 0 Å². The third kappa shape index (κ3) is 16.1. The molecule has 0 amide bonds. The first kappa shape index (κ1) is 46.2. The van der Waals surface area contributed by atoms with Crippen LogP contribution >= 0.6 is 15.8 Å². The molecule has 0 saturated carbocycles. The van der Waals surface area contributed by atoms with Crippen molar-refractivity contribution in [2.45, 2.75) is 0 Å². The molecule has 5 nitrogen and oxygen atoms in total. The van der Waals surface area contributed by atoms with Gasteiger partial charge in [-0.2, -0.15) is 0 Å². The Balaban J connectivity index is 0. The summed E-state index contributed by atoms with van der Waals surface area (Å²) in [6.45, 7) is 10.0. The maximum Gasteiger partial charge on any atom is 0.106 e. The van der Waals surface area contributed by atoms with Crippen molar-refractivity contribution < 1.29 is 40.8 Å². The van der Waals surface area contributed by atoms with E-state index >= 15 is 0 Å². The van der Waals surface area contributed by atoms with Crippen LogP contribution in [0, 0.1) is 0 Å². The van der Waals surface area contributed by atoms with E-state index in [0.717, 1.165) is 0 Å². The number of benzene rings is 6. The number of hydrogen-bond acceptors (Lipinski definition) is 5. The molecule has 0 unspecified atom stereocenters. The first-order valence-corrected chi connectivity index (χ1v) is 16.9. The van der Waals surface area contributed by atoms with E-state index in [9.17, 15) is 0 Å². The van der Waals surface area contributed by atoms with Crippen molar-refractivity contribution >= 4 is 81.6 Å². The molecule has 0 heterocycles. The van der Waals surface area contributed by atoms with E-state index in [4.69, 9.17) is 24.0 Å². The van der Waals surface area contributed by atoms with E-state index in [1.807, 2.05) is 33.9 Å². The van der Waals surface area contributed by atoms with Gasteiger partial charge in [0.05, 0.1) is 0 Å². The summed E-state index contributed by atoms with van der Waals surface area (Å²) in [5.41, 5.74) is 0. The minimum Gasteiger partial charge on any atom is -0.307 e. The maximum atomic E-state index is 8.00. The molecule has 0 spiro atoms. The summed E-state index contributed by atoms with van der Waals surface area (Å²) in [4.78, 5) is 40.0. The van der Waals surface area contributed by atoms with Gasteiger partial charge in [-0.25, -0.2) is 0 Å². The van der Waals surface area contributed by atoms with E-state index in [1.165, 1.54) is 31.8 Å². The summed E-state index contributed by atoms with van der Waals surface area (Å²) in [6.07, 6.45) is 0. The van der Waals surface area contributed by atoms with Gasteiger partial charge in [0.2, 0.25) is 0 Å². The number of rotatable bonds is 6. The molecule has 253 valence electrons. The molecule has 8 heteroatoms. The van der Waals surface area contributed by atoms with E-state index in [2.05, 4.69) is 182 Å². The molecule has 1 radical (unpaired) electrons. The molecule has 0 aliphatic carbocycles. The summed E-state index contributed by atoms with van der Waals surface area (Å²) in [5, 5.41) is 8.39. The quantitative estimate of drug-likeness (QED) is 0.197. The van der Waals surface area contributed by atoms with Crippen molar-refractivity contribution in [2.24, 2.45) is 0 Å². The normalized spacial score (nSPS) is 8.61. The Bertz CT molecular complexity index is 1270. The van der Waals surface area contributed by atoms with E-state index in [1.54, 1.807) is 0 Å². The van der Waals surface area contributed by atoms with Gasteiger partial charge in [0.1, 0.15) is 33.9 Å². The third-order valence-corrected chi connectivity index (χ3v) is 11.0. The smallest absolute Gasteiger partial charge is 0.106 e. The molecule has 6 aromatic rings. The summed E-state index contributed by atoms with van der Waals surface area (Å²) < 4.78 is 0. The van der Waals surface area contributed by atoms with Gasteiger partial charge >= 0.3 is 0 Å². The molecule has 6 aromatic carbocycles. The van der Waals surface area contributed by atoms with Crippen LogP contribution in [0.1, 0.15) is 0 Å². The van der Waals surface area contributed by atoms with E-state index in [-0.39, 0.29) is 16.8 Å². The Hall–Kier alpha value is -4.96. The predicted octanol–water partition coefficient (Wildman–Crippen LogP) is 5.96. The molecular formula is C41H40CoO5P2. The van der Waals surface area contributed by atoms with Gasteiger partial charge in [-0.1, -0.05) is 182 Å². The fraction of sp³-hybridized carbons (Fsp3) is 0. The Morgan fingerprint density at radius 2 is 0.327 bits per heavy atom. The summed E-state index contributed by atoms with van der Waals surface area (Å²) >= 11 is 0. The molecule has 0 aliphatic rings. The zero-order valence-electron chi connectivity index (χ0n) is 27.1. The standard InChI is InChI=1S/2C18H15P.5CH2O.Co/c2*1-4-10-16(11-5-1)19(17-12-6-2-7-13-17)18-14-8-3-9-15-18;5*1-2;/h2*1-15H;5*1H2;. The van der Waals surface area contributed by atoms with Crippen molar-refractivity contribution in [1.82, 2.24) is 0 Å². The molecule has 0 fully saturated rings. The average Bonchev–Trinajstić information content (AvgIpc) is 3.22. The predicted molar refractivity (Wildman–Crippen MR) is 206 cm³/mol. The Morgan fingerprint density at radius 3 is 0.429 bits per heavy atom. The Kier molecular flexibility index (Phi) is 29.8. The minimum atomic E-state index is -0.446. The van der Waals surface area contributed by atoms with Gasteiger partial charge in [0, 0.05) is 16.8 Å². The Morgan fingerprint density at radius 1 is 0.224 bits per heavy atom. The molecule has 0 aromatic heterocycles. The van der Waals surface area contributed by atoms with Gasteiger partial charge in [-0.3, -0.25) is 0 Å². The fourth-order valence-corrected chi connectivity index (χ4v) is 8.97. The van der Waals surface area contributed by atoms with Gasteiger partial charge in [0.15, 0.2) is 0 Å². The van der Waals surface area contributed by atoms with Crippen LogP contribution in [0.25, 0.3) is 0 Å². The average molecular weight is 734 g/mol. The van der Waals surface area contributed by atoms with Crippen molar-refractivity contribution in [3.63, 3.8) is 0 Å². The number of hydrogen-bond donors (Lipinski definition) is 0. The van der Waals surface area contributed by atoms with Crippen LogP contribution in [0.3, 0.4) is 0 Å². The van der Waals surface area contributed by atoms with Crippen LogP contribution < -0.4 is 31.8 Å². The Labute approximate surface area is 303 Å². The number of carbonyl (C=O) groups is 5. The largest absolute Gasteiger partial charge is 0.307 e. The number of carbonyl (C=O) groups excluding carboxylic acids is 5. The van der Waals surface area contributed by atoms with Crippen LogP contribution in [0.15, 0.2) is 182 Å². The van der Waals surface area contributed by atoms with Crippen molar-refractivity contribution in [1.29, 1.82) is 0 Å². The van der Waals surface area contributed by atoms with Gasteiger partial charge in [-0.15, -0.1) is 0 Å². The third-order valence-electron chi connectivity index (χ3n) is 6.09. The SMILES string of the molecule is C=O.C=O.C=O.C=O.C=O.[Co].c1ccc(P(c2ccccc2)c2ccccc2)cc1.c1ccc(P(c2ccccc2)c2ccccc2)cc1. The molecule has 49 heavy (non-hydrogen) atoms. The topological polar surface area (TPSA) is 85.3 Å². The zero-order chi connectivity index (χ0) is 35.8. The molecule has 6 rings (SSSR count). The molecule has 0 bridgehead atoms.